The van der Waals surface area contributed by atoms with Gasteiger partial charge in [-0.15, -0.1) is 0 Å². The summed E-state index contributed by atoms with van der Waals surface area (Å²) in [7, 11) is 1.61. The number of carbonyl (C=O) groups excluding carboxylic acids is 1. The maximum atomic E-state index is 11.8. The number of benzene rings is 1. The second-order valence-electron chi connectivity index (χ2n) is 3.98. The number of esters is 1. The number of methoxy groups -OCH3 is 1. The normalized spacial score (nSPS) is 10.4. The Morgan fingerprint density at radius 3 is 2.74 bits per heavy atom. The van der Waals surface area contributed by atoms with E-state index in [0.717, 1.165) is 12.0 Å². The highest BCUT2D eigenvalue weighted by molar-refractivity contribution is 5.89. The second kappa shape index (κ2) is 9.49. The molecule has 0 aliphatic heterocycles. The fourth-order valence-corrected chi connectivity index (χ4v) is 1.54. The first-order chi connectivity index (χ1) is 9.27. The van der Waals surface area contributed by atoms with Crippen LogP contribution in [0.15, 0.2) is 24.3 Å². The molecule has 0 aliphatic carbocycles. The zero-order chi connectivity index (χ0) is 13.9. The maximum Gasteiger partial charge on any atom is 0.338 e. The summed E-state index contributed by atoms with van der Waals surface area (Å²) in [6.07, 6.45) is 0.751. The van der Waals surface area contributed by atoms with Gasteiger partial charge < -0.3 is 19.9 Å². The van der Waals surface area contributed by atoms with Gasteiger partial charge in [0, 0.05) is 7.11 Å². The molecule has 0 saturated carbocycles. The van der Waals surface area contributed by atoms with Crippen molar-refractivity contribution in [3.8, 4) is 0 Å². The summed E-state index contributed by atoms with van der Waals surface area (Å²) in [5, 5.41) is 0. The van der Waals surface area contributed by atoms with Crippen LogP contribution in [0.5, 0.6) is 0 Å². The third-order valence-corrected chi connectivity index (χ3v) is 2.49. The molecular formula is C14H21NO4. The van der Waals surface area contributed by atoms with Crippen LogP contribution >= 0.6 is 0 Å². The van der Waals surface area contributed by atoms with E-state index in [2.05, 4.69) is 0 Å². The Labute approximate surface area is 113 Å². The van der Waals surface area contributed by atoms with Crippen LogP contribution < -0.4 is 5.73 Å². The van der Waals surface area contributed by atoms with Gasteiger partial charge in [0.1, 0.15) is 6.61 Å². The number of carbonyl (C=O) groups is 1. The Kier molecular flexibility index (Phi) is 7.81. The topological polar surface area (TPSA) is 70.8 Å². The van der Waals surface area contributed by atoms with E-state index in [0.29, 0.717) is 31.9 Å². The lowest BCUT2D eigenvalue weighted by atomic mass is 10.1. The van der Waals surface area contributed by atoms with Crippen LogP contribution in [0.1, 0.15) is 15.9 Å². The van der Waals surface area contributed by atoms with Crippen LogP contribution in [0, 0.1) is 0 Å². The Balaban J connectivity index is 2.30. The van der Waals surface area contributed by atoms with Crippen LogP contribution in [0.3, 0.4) is 0 Å². The van der Waals surface area contributed by atoms with Gasteiger partial charge >= 0.3 is 5.97 Å². The van der Waals surface area contributed by atoms with Gasteiger partial charge in [-0.25, -0.2) is 4.79 Å². The molecule has 19 heavy (non-hydrogen) atoms. The fraction of sp³-hybridized carbons (Fsp3) is 0.500. The molecule has 0 atom stereocenters. The summed E-state index contributed by atoms with van der Waals surface area (Å²) in [5.74, 6) is -0.339. The maximum absolute atomic E-state index is 11.8. The van der Waals surface area contributed by atoms with Crippen molar-refractivity contribution >= 4 is 5.97 Å². The standard InChI is InChI=1S/C14H21NO4/c1-17-7-8-18-9-10-19-14(16)13-4-2-3-12(11-13)5-6-15/h2-4,11H,5-10,15H2,1H3. The predicted octanol–water partition coefficient (Wildman–Crippen LogP) is 1.01. The molecule has 0 amide bonds. The summed E-state index contributed by atoms with van der Waals surface area (Å²) in [4.78, 5) is 11.8. The van der Waals surface area contributed by atoms with Crippen molar-refractivity contribution in [3.05, 3.63) is 35.4 Å². The van der Waals surface area contributed by atoms with Gasteiger partial charge in [-0.05, 0) is 30.7 Å². The zero-order valence-electron chi connectivity index (χ0n) is 11.3. The van der Waals surface area contributed by atoms with Gasteiger partial charge in [0.25, 0.3) is 0 Å². The lowest BCUT2D eigenvalue weighted by molar-refractivity contribution is 0.0213. The third kappa shape index (κ3) is 6.33. The van der Waals surface area contributed by atoms with E-state index in [-0.39, 0.29) is 12.6 Å². The average molecular weight is 267 g/mol. The molecular weight excluding hydrogens is 246 g/mol. The molecule has 1 rings (SSSR count). The SMILES string of the molecule is COCCOCCOC(=O)c1cccc(CCN)c1. The van der Waals surface area contributed by atoms with Gasteiger partial charge in [0.2, 0.25) is 0 Å². The molecule has 0 saturated heterocycles. The van der Waals surface area contributed by atoms with Gasteiger partial charge in [0.05, 0.1) is 25.4 Å². The molecule has 2 N–H and O–H groups in total. The van der Waals surface area contributed by atoms with Crippen molar-refractivity contribution in [3.63, 3.8) is 0 Å². The highest BCUT2D eigenvalue weighted by Crippen LogP contribution is 2.07. The van der Waals surface area contributed by atoms with Gasteiger partial charge in [-0.2, -0.15) is 0 Å². The molecule has 0 unspecified atom stereocenters. The van der Waals surface area contributed by atoms with Crippen LogP contribution in [0.4, 0.5) is 0 Å². The molecule has 0 fully saturated rings. The van der Waals surface area contributed by atoms with E-state index in [1.165, 1.54) is 0 Å². The Bertz CT molecular complexity index is 381. The smallest absolute Gasteiger partial charge is 0.338 e. The zero-order valence-corrected chi connectivity index (χ0v) is 11.3. The monoisotopic (exact) mass is 267 g/mol. The van der Waals surface area contributed by atoms with Gasteiger partial charge in [-0.1, -0.05) is 12.1 Å². The second-order valence-corrected chi connectivity index (χ2v) is 3.98. The highest BCUT2D eigenvalue weighted by Gasteiger charge is 2.07. The molecule has 0 heterocycles. The lowest BCUT2D eigenvalue weighted by Crippen LogP contribution is -2.13. The number of hydrogen-bond acceptors (Lipinski definition) is 5. The van der Waals surface area contributed by atoms with Crippen molar-refractivity contribution < 1.29 is 19.0 Å². The van der Waals surface area contributed by atoms with Crippen molar-refractivity contribution in [1.82, 2.24) is 0 Å². The Hall–Kier alpha value is -1.43. The molecule has 0 radical (unpaired) electrons. The predicted molar refractivity (Wildman–Crippen MR) is 72.2 cm³/mol. The van der Waals surface area contributed by atoms with Crippen LogP contribution in [0.25, 0.3) is 0 Å². The number of hydrogen-bond donors (Lipinski definition) is 1. The van der Waals surface area contributed by atoms with Crippen molar-refractivity contribution in [1.29, 1.82) is 0 Å². The first-order valence-electron chi connectivity index (χ1n) is 6.30. The number of rotatable bonds is 9. The van der Waals surface area contributed by atoms with Crippen molar-refractivity contribution in [2.24, 2.45) is 5.73 Å². The number of nitrogens with two attached hydrogens (primary N) is 1. The van der Waals surface area contributed by atoms with E-state index < -0.39 is 0 Å². The van der Waals surface area contributed by atoms with Gasteiger partial charge in [0.15, 0.2) is 0 Å². The highest BCUT2D eigenvalue weighted by atomic mass is 16.6. The first-order valence-corrected chi connectivity index (χ1v) is 6.30. The molecule has 1 aromatic carbocycles. The Morgan fingerprint density at radius 2 is 2.00 bits per heavy atom. The summed E-state index contributed by atoms with van der Waals surface area (Å²) >= 11 is 0. The first kappa shape index (κ1) is 15.6. The molecule has 5 nitrogen and oxygen atoms in total. The van der Waals surface area contributed by atoms with Crippen LogP contribution in [-0.4, -0.2) is 46.1 Å². The van der Waals surface area contributed by atoms with Gasteiger partial charge in [-0.3, -0.25) is 0 Å². The molecule has 0 aliphatic rings. The van der Waals surface area contributed by atoms with Crippen molar-refractivity contribution in [2.45, 2.75) is 6.42 Å². The average Bonchev–Trinajstić information content (AvgIpc) is 2.43. The summed E-state index contributed by atoms with van der Waals surface area (Å²) in [6.45, 7) is 2.21. The lowest BCUT2D eigenvalue weighted by Gasteiger charge is -2.07. The molecule has 106 valence electrons. The minimum absolute atomic E-state index is 0.240. The summed E-state index contributed by atoms with van der Waals surface area (Å²) in [6, 6.07) is 7.31. The van der Waals surface area contributed by atoms with Crippen molar-refractivity contribution in [2.75, 3.05) is 40.1 Å². The van der Waals surface area contributed by atoms with E-state index in [4.69, 9.17) is 19.9 Å². The summed E-state index contributed by atoms with van der Waals surface area (Å²) in [5.41, 5.74) is 7.06. The fourth-order valence-electron chi connectivity index (χ4n) is 1.54. The van der Waals surface area contributed by atoms with Crippen LogP contribution in [-0.2, 0) is 20.6 Å². The van der Waals surface area contributed by atoms with Crippen LogP contribution in [0.2, 0.25) is 0 Å². The van der Waals surface area contributed by atoms with E-state index in [9.17, 15) is 4.79 Å². The quantitative estimate of drug-likeness (QED) is 0.534. The molecule has 5 heteroatoms. The minimum Gasteiger partial charge on any atom is -0.460 e. The summed E-state index contributed by atoms with van der Waals surface area (Å²) < 4.78 is 15.1. The molecule has 1 aromatic rings. The number of ether oxygens (including phenoxy) is 3. The van der Waals surface area contributed by atoms with E-state index >= 15 is 0 Å². The third-order valence-electron chi connectivity index (χ3n) is 2.49. The van der Waals surface area contributed by atoms with E-state index in [1.807, 2.05) is 12.1 Å². The largest absolute Gasteiger partial charge is 0.460 e. The molecule has 0 aromatic heterocycles. The Morgan fingerprint density at radius 1 is 1.21 bits per heavy atom. The van der Waals surface area contributed by atoms with E-state index in [1.54, 1.807) is 19.2 Å². The molecule has 0 spiro atoms. The molecule has 0 bridgehead atoms. The minimum atomic E-state index is -0.339.